The van der Waals surface area contributed by atoms with Gasteiger partial charge in [-0.3, -0.25) is 0 Å². The van der Waals surface area contributed by atoms with Crippen molar-refractivity contribution in [3.05, 3.63) is 54.6 Å². The predicted molar refractivity (Wildman–Crippen MR) is 110 cm³/mol. The maximum absolute atomic E-state index is 13.2. The molecule has 1 fully saturated rings. The molecule has 4 heterocycles. The van der Waals surface area contributed by atoms with E-state index in [0.29, 0.717) is 37.1 Å². The number of pyridine rings is 1. The lowest BCUT2D eigenvalue weighted by Crippen LogP contribution is -2.42. The molecule has 1 aromatic carbocycles. The summed E-state index contributed by atoms with van der Waals surface area (Å²) in [7, 11) is -3.76. The lowest BCUT2D eigenvalue weighted by atomic mass is 10.1. The smallest absolute Gasteiger partial charge is 0.269 e. The van der Waals surface area contributed by atoms with Crippen LogP contribution in [-0.4, -0.2) is 51.3 Å². The Morgan fingerprint density at radius 3 is 2.52 bits per heavy atom. The van der Waals surface area contributed by atoms with Gasteiger partial charge in [0, 0.05) is 24.7 Å². The fourth-order valence-electron chi connectivity index (χ4n) is 3.85. The molecule has 29 heavy (non-hydrogen) atoms. The fourth-order valence-corrected chi connectivity index (χ4v) is 5.15. The molecule has 0 atom stereocenters. The van der Waals surface area contributed by atoms with Crippen LogP contribution in [0.4, 0.5) is 0 Å². The maximum Gasteiger partial charge on any atom is 0.269 e. The van der Waals surface area contributed by atoms with Gasteiger partial charge in [0.25, 0.3) is 10.0 Å². The summed E-state index contributed by atoms with van der Waals surface area (Å²) < 4.78 is 29.5. The zero-order chi connectivity index (χ0) is 20.2. The third-order valence-electron chi connectivity index (χ3n) is 5.49. The first-order valence-electron chi connectivity index (χ1n) is 9.54. The van der Waals surface area contributed by atoms with E-state index in [1.807, 2.05) is 11.6 Å². The lowest BCUT2D eigenvalue weighted by molar-refractivity contribution is 0.139. The topological polar surface area (TPSA) is 93.2 Å². The minimum absolute atomic E-state index is 0.223. The van der Waals surface area contributed by atoms with Crippen LogP contribution in [0, 0.1) is 6.92 Å². The molecule has 4 aromatic rings. The highest BCUT2D eigenvalue weighted by atomic mass is 32.2. The second-order valence-corrected chi connectivity index (χ2v) is 9.25. The predicted octanol–water partition coefficient (Wildman–Crippen LogP) is 2.02. The molecular weight excluding hydrogens is 390 g/mol. The van der Waals surface area contributed by atoms with Crippen LogP contribution in [0.15, 0.2) is 53.9 Å². The average Bonchev–Trinajstić information content (AvgIpc) is 3.33. The summed E-state index contributed by atoms with van der Waals surface area (Å²) in [6.45, 7) is 3.33. The molecule has 0 amide bonds. The van der Waals surface area contributed by atoms with Gasteiger partial charge in [0.1, 0.15) is 17.4 Å². The summed E-state index contributed by atoms with van der Waals surface area (Å²) >= 11 is 0. The monoisotopic (exact) mass is 411 g/mol. The minimum atomic E-state index is -3.76. The Bertz CT molecular complexity index is 1300. The Kier molecular flexibility index (Phi) is 4.11. The molecule has 0 saturated carbocycles. The molecule has 0 radical (unpaired) electrons. The standard InChI is InChI=1S/C20H21N5O3S/c1-14-2-4-16(5-3-14)29(27,28)25-11-8-17-19-18(12-21-20(17)25)22-13-24(19)23-9-6-15(26)7-10-23/h2-5,8,11-13,15,26H,6-7,9-10H2,1H3. The Morgan fingerprint density at radius 1 is 1.07 bits per heavy atom. The number of hydrogen-bond acceptors (Lipinski definition) is 6. The number of aliphatic hydroxyl groups excluding tert-OH is 1. The molecule has 1 saturated heterocycles. The van der Waals surface area contributed by atoms with E-state index in [1.165, 1.54) is 3.97 Å². The van der Waals surface area contributed by atoms with Crippen LogP contribution in [0.2, 0.25) is 0 Å². The largest absolute Gasteiger partial charge is 0.393 e. The number of rotatable bonds is 3. The van der Waals surface area contributed by atoms with E-state index in [1.54, 1.807) is 49.1 Å². The fraction of sp³-hybridized carbons (Fsp3) is 0.300. The Balaban J connectivity index is 1.66. The van der Waals surface area contributed by atoms with E-state index in [9.17, 15) is 13.5 Å². The van der Waals surface area contributed by atoms with Crippen molar-refractivity contribution in [2.24, 2.45) is 0 Å². The molecule has 3 aromatic heterocycles. The van der Waals surface area contributed by atoms with Crippen LogP contribution in [0.25, 0.3) is 22.1 Å². The van der Waals surface area contributed by atoms with Crippen molar-refractivity contribution in [1.82, 2.24) is 18.6 Å². The van der Waals surface area contributed by atoms with Crippen LogP contribution in [0.5, 0.6) is 0 Å². The van der Waals surface area contributed by atoms with Gasteiger partial charge in [0.2, 0.25) is 0 Å². The highest BCUT2D eigenvalue weighted by Gasteiger charge is 2.24. The van der Waals surface area contributed by atoms with Gasteiger partial charge in [-0.15, -0.1) is 0 Å². The van der Waals surface area contributed by atoms with Gasteiger partial charge in [-0.2, -0.15) is 0 Å². The Morgan fingerprint density at radius 2 is 1.79 bits per heavy atom. The molecule has 0 unspecified atom stereocenters. The van der Waals surface area contributed by atoms with E-state index in [2.05, 4.69) is 15.0 Å². The number of nitrogens with zero attached hydrogens (tertiary/aromatic N) is 5. The SMILES string of the molecule is Cc1ccc(S(=O)(=O)n2ccc3c4c(cnc32)ncn4N2CCC(O)CC2)cc1. The van der Waals surface area contributed by atoms with Crippen LogP contribution in [0.3, 0.4) is 0 Å². The van der Waals surface area contributed by atoms with Gasteiger partial charge >= 0.3 is 0 Å². The van der Waals surface area contributed by atoms with E-state index in [-0.39, 0.29) is 11.0 Å². The first-order valence-corrected chi connectivity index (χ1v) is 11.0. The Hall–Kier alpha value is -2.91. The van der Waals surface area contributed by atoms with Crippen molar-refractivity contribution in [2.45, 2.75) is 30.8 Å². The minimum Gasteiger partial charge on any atom is -0.393 e. The molecule has 150 valence electrons. The highest BCUT2D eigenvalue weighted by Crippen LogP contribution is 2.27. The second-order valence-electron chi connectivity index (χ2n) is 7.43. The van der Waals surface area contributed by atoms with Crippen molar-refractivity contribution in [2.75, 3.05) is 18.1 Å². The lowest BCUT2D eigenvalue weighted by Gasteiger charge is -2.32. The summed E-state index contributed by atoms with van der Waals surface area (Å²) in [4.78, 5) is 9.06. The molecule has 0 bridgehead atoms. The molecule has 0 aliphatic carbocycles. The second kappa shape index (κ2) is 6.57. The van der Waals surface area contributed by atoms with Gasteiger partial charge in [0.05, 0.1) is 17.2 Å². The van der Waals surface area contributed by atoms with Crippen molar-refractivity contribution < 1.29 is 13.5 Å². The van der Waals surface area contributed by atoms with Crippen LogP contribution in [0.1, 0.15) is 18.4 Å². The summed E-state index contributed by atoms with van der Waals surface area (Å²) in [5, 5.41) is 12.6. The average molecular weight is 411 g/mol. The number of piperidine rings is 1. The zero-order valence-electron chi connectivity index (χ0n) is 15.9. The first kappa shape index (κ1) is 18.1. The maximum atomic E-state index is 13.2. The highest BCUT2D eigenvalue weighted by molar-refractivity contribution is 7.90. The normalized spacial score (nSPS) is 16.1. The van der Waals surface area contributed by atoms with E-state index in [4.69, 9.17) is 0 Å². The number of hydrogen-bond donors (Lipinski definition) is 1. The summed E-state index contributed by atoms with van der Waals surface area (Å²) in [5.41, 5.74) is 2.90. The molecule has 1 aliphatic rings. The molecule has 8 nitrogen and oxygen atoms in total. The zero-order valence-corrected chi connectivity index (χ0v) is 16.7. The number of fused-ring (bicyclic) bond motifs is 3. The van der Waals surface area contributed by atoms with Gasteiger partial charge in [-0.05, 0) is 38.0 Å². The van der Waals surface area contributed by atoms with E-state index in [0.717, 1.165) is 16.5 Å². The first-order chi connectivity index (χ1) is 13.9. The summed E-state index contributed by atoms with van der Waals surface area (Å²) in [6.07, 6.45) is 5.99. The molecular formula is C20H21N5O3S. The molecule has 5 rings (SSSR count). The molecule has 9 heteroatoms. The number of imidazole rings is 1. The summed E-state index contributed by atoms with van der Waals surface area (Å²) in [6, 6.07) is 8.55. The van der Waals surface area contributed by atoms with Gasteiger partial charge < -0.3 is 10.1 Å². The quantitative estimate of drug-likeness (QED) is 0.554. The van der Waals surface area contributed by atoms with Gasteiger partial charge in [0.15, 0.2) is 5.65 Å². The molecule has 0 spiro atoms. The summed E-state index contributed by atoms with van der Waals surface area (Å²) in [5.74, 6) is 0. The number of aliphatic hydroxyl groups is 1. The number of benzene rings is 1. The number of aryl methyl sites for hydroxylation is 1. The van der Waals surface area contributed by atoms with Gasteiger partial charge in [-0.1, -0.05) is 17.7 Å². The van der Waals surface area contributed by atoms with Crippen molar-refractivity contribution in [1.29, 1.82) is 0 Å². The van der Waals surface area contributed by atoms with Crippen LogP contribution < -0.4 is 5.01 Å². The van der Waals surface area contributed by atoms with Gasteiger partial charge in [-0.25, -0.2) is 27.0 Å². The van der Waals surface area contributed by atoms with Crippen molar-refractivity contribution >= 4 is 32.1 Å². The Labute approximate surface area is 168 Å². The van der Waals surface area contributed by atoms with Crippen LogP contribution in [-0.2, 0) is 10.0 Å². The van der Waals surface area contributed by atoms with E-state index >= 15 is 0 Å². The van der Waals surface area contributed by atoms with E-state index < -0.39 is 10.0 Å². The molecule has 1 aliphatic heterocycles. The third-order valence-corrected chi connectivity index (χ3v) is 7.17. The third kappa shape index (κ3) is 2.89. The molecule has 1 N–H and O–H groups in total. The van der Waals surface area contributed by atoms with Crippen molar-refractivity contribution in [3.8, 4) is 0 Å². The van der Waals surface area contributed by atoms with Crippen LogP contribution >= 0.6 is 0 Å². The number of aromatic nitrogens is 4. The van der Waals surface area contributed by atoms with Crippen molar-refractivity contribution in [3.63, 3.8) is 0 Å².